The van der Waals surface area contributed by atoms with Crippen molar-refractivity contribution in [3.05, 3.63) is 42.2 Å². The highest BCUT2D eigenvalue weighted by Crippen LogP contribution is 2.38. The Labute approximate surface area is 249 Å². The van der Waals surface area contributed by atoms with Crippen LogP contribution in [0.5, 0.6) is 0 Å². The number of anilines is 1. The molecular weight excluding hydrogens is 550 g/mol. The summed E-state index contributed by atoms with van der Waals surface area (Å²) in [6.07, 6.45) is 10.0. The fourth-order valence-corrected chi connectivity index (χ4v) is 6.87. The number of nitrogens with zero attached hydrogens (tertiary/aromatic N) is 7. The fraction of sp³-hybridized carbons (Fsp3) is 0.516. The van der Waals surface area contributed by atoms with Gasteiger partial charge in [0, 0.05) is 48.6 Å². The van der Waals surface area contributed by atoms with Crippen LogP contribution in [0, 0.1) is 0 Å². The van der Waals surface area contributed by atoms with Crippen molar-refractivity contribution in [1.82, 2.24) is 29.9 Å². The lowest BCUT2D eigenvalue weighted by molar-refractivity contribution is -0.0394. The SMILES string of the molecule is CC(C)(C)OC(=O)N(C1CC1)C1CCN(c2ccc(-c3ccc(-c4cnn(C5CCCCO5)c4)c4ncsc34)nn2)C1. The van der Waals surface area contributed by atoms with Crippen molar-refractivity contribution in [2.45, 2.75) is 83.2 Å². The molecule has 1 saturated carbocycles. The van der Waals surface area contributed by atoms with Crippen LogP contribution in [0.2, 0.25) is 0 Å². The Hall–Kier alpha value is -3.57. The van der Waals surface area contributed by atoms with E-state index in [-0.39, 0.29) is 24.4 Å². The van der Waals surface area contributed by atoms with Crippen LogP contribution in [0.25, 0.3) is 32.6 Å². The molecule has 0 bridgehead atoms. The molecule has 2 saturated heterocycles. The number of amides is 1. The van der Waals surface area contributed by atoms with E-state index in [2.05, 4.69) is 38.5 Å². The summed E-state index contributed by atoms with van der Waals surface area (Å²) in [5.41, 5.74) is 6.24. The van der Waals surface area contributed by atoms with Crippen molar-refractivity contribution in [2.75, 3.05) is 24.6 Å². The number of hydrogen-bond donors (Lipinski definition) is 0. The van der Waals surface area contributed by atoms with Gasteiger partial charge in [0.2, 0.25) is 0 Å². The molecule has 4 aromatic rings. The van der Waals surface area contributed by atoms with E-state index >= 15 is 0 Å². The van der Waals surface area contributed by atoms with E-state index < -0.39 is 5.60 Å². The van der Waals surface area contributed by atoms with Gasteiger partial charge in [0.15, 0.2) is 5.82 Å². The van der Waals surface area contributed by atoms with E-state index in [4.69, 9.17) is 14.5 Å². The summed E-state index contributed by atoms with van der Waals surface area (Å²) in [6, 6.07) is 8.69. The number of hydrogen-bond acceptors (Lipinski definition) is 9. The molecule has 7 rings (SSSR count). The lowest BCUT2D eigenvalue weighted by Crippen LogP contribution is -2.46. The van der Waals surface area contributed by atoms with E-state index in [1.807, 2.05) is 54.2 Å². The van der Waals surface area contributed by atoms with Crippen LogP contribution in [0.15, 0.2) is 42.2 Å². The average molecular weight is 588 g/mol. The maximum absolute atomic E-state index is 13.0. The van der Waals surface area contributed by atoms with Crippen LogP contribution in [-0.2, 0) is 9.47 Å². The number of thiazole rings is 1. The molecule has 3 aliphatic rings. The fourth-order valence-electron chi connectivity index (χ4n) is 6.03. The third-order valence-corrected chi connectivity index (χ3v) is 9.06. The molecule has 1 aliphatic carbocycles. The predicted octanol–water partition coefficient (Wildman–Crippen LogP) is 6.29. The highest BCUT2D eigenvalue weighted by Gasteiger charge is 2.42. The number of carbonyl (C=O) groups is 1. The van der Waals surface area contributed by atoms with E-state index in [9.17, 15) is 4.79 Å². The molecule has 0 radical (unpaired) electrons. The zero-order valence-corrected chi connectivity index (χ0v) is 25.2. The van der Waals surface area contributed by atoms with Gasteiger partial charge in [-0.1, -0.05) is 12.1 Å². The molecular formula is C31H37N7O3S. The molecule has 42 heavy (non-hydrogen) atoms. The minimum atomic E-state index is -0.503. The molecule has 220 valence electrons. The monoisotopic (exact) mass is 587 g/mol. The largest absolute Gasteiger partial charge is 0.444 e. The molecule has 2 aliphatic heterocycles. The standard InChI is InChI=1S/C31H37N7O3S/c1-31(2,3)41-30(39)38(21-7-8-21)22-13-14-36(18-22)26-12-11-25(34-35-26)24-10-9-23(28-29(24)42-19-32-28)20-16-33-37(17-20)27-6-4-5-15-40-27/h9-12,16-17,19,21-22,27H,4-8,13-15,18H2,1-3H3. The Morgan fingerprint density at radius 2 is 1.90 bits per heavy atom. The Balaban J connectivity index is 1.08. The molecule has 10 nitrogen and oxygen atoms in total. The van der Waals surface area contributed by atoms with Crippen molar-refractivity contribution in [1.29, 1.82) is 0 Å². The molecule has 2 unspecified atom stereocenters. The molecule has 0 N–H and O–H groups in total. The Kier molecular flexibility index (Phi) is 7.09. The van der Waals surface area contributed by atoms with Gasteiger partial charge in [-0.05, 0) is 71.4 Å². The van der Waals surface area contributed by atoms with Crippen molar-refractivity contribution in [3.63, 3.8) is 0 Å². The summed E-state index contributed by atoms with van der Waals surface area (Å²) >= 11 is 1.61. The number of fused-ring (bicyclic) bond motifs is 1. The topological polar surface area (TPSA) is 98.5 Å². The molecule has 1 amide bonds. The van der Waals surface area contributed by atoms with Crippen molar-refractivity contribution in [2.24, 2.45) is 0 Å². The quantitative estimate of drug-likeness (QED) is 0.259. The van der Waals surface area contributed by atoms with Crippen LogP contribution in [-0.4, -0.2) is 73.3 Å². The first-order chi connectivity index (χ1) is 20.3. The van der Waals surface area contributed by atoms with E-state index in [0.717, 1.165) is 96.6 Å². The van der Waals surface area contributed by atoms with Gasteiger partial charge in [-0.3, -0.25) is 0 Å². The molecule has 11 heteroatoms. The summed E-state index contributed by atoms with van der Waals surface area (Å²) < 4.78 is 14.7. The van der Waals surface area contributed by atoms with Crippen molar-refractivity contribution in [3.8, 4) is 22.4 Å². The molecule has 1 aromatic carbocycles. The smallest absolute Gasteiger partial charge is 0.410 e. The maximum Gasteiger partial charge on any atom is 0.410 e. The minimum Gasteiger partial charge on any atom is -0.444 e. The highest BCUT2D eigenvalue weighted by atomic mass is 32.1. The summed E-state index contributed by atoms with van der Waals surface area (Å²) in [5.74, 6) is 0.829. The van der Waals surface area contributed by atoms with Crippen molar-refractivity contribution < 1.29 is 14.3 Å². The summed E-state index contributed by atoms with van der Waals surface area (Å²) in [5, 5.41) is 13.9. The summed E-state index contributed by atoms with van der Waals surface area (Å²) in [6.45, 7) is 8.11. The van der Waals surface area contributed by atoms with Gasteiger partial charge in [-0.25, -0.2) is 14.5 Å². The van der Waals surface area contributed by atoms with E-state index in [0.29, 0.717) is 0 Å². The molecule has 3 fully saturated rings. The van der Waals surface area contributed by atoms with Crippen LogP contribution in [0.1, 0.15) is 65.5 Å². The van der Waals surface area contributed by atoms with Gasteiger partial charge >= 0.3 is 6.09 Å². The van der Waals surface area contributed by atoms with E-state index in [1.54, 1.807) is 11.3 Å². The van der Waals surface area contributed by atoms with E-state index in [1.165, 1.54) is 0 Å². The number of benzene rings is 1. The van der Waals surface area contributed by atoms with Crippen molar-refractivity contribution >= 4 is 33.5 Å². The molecule has 0 spiro atoms. The predicted molar refractivity (Wildman–Crippen MR) is 162 cm³/mol. The first-order valence-corrected chi connectivity index (χ1v) is 15.8. The van der Waals surface area contributed by atoms with Crippen LogP contribution < -0.4 is 4.90 Å². The van der Waals surface area contributed by atoms with Gasteiger partial charge < -0.3 is 19.3 Å². The second kappa shape index (κ2) is 10.9. The van der Waals surface area contributed by atoms with Crippen LogP contribution >= 0.6 is 11.3 Å². The number of aromatic nitrogens is 5. The normalized spacial score (nSPS) is 21.2. The number of ether oxygens (including phenoxy) is 2. The van der Waals surface area contributed by atoms with Gasteiger partial charge in [-0.15, -0.1) is 21.5 Å². The third-order valence-electron chi connectivity index (χ3n) is 8.20. The lowest BCUT2D eigenvalue weighted by Gasteiger charge is -2.31. The van der Waals surface area contributed by atoms with Gasteiger partial charge in [0.05, 0.1) is 33.7 Å². The van der Waals surface area contributed by atoms with Crippen LogP contribution in [0.4, 0.5) is 10.6 Å². The number of rotatable bonds is 6. The number of carbonyl (C=O) groups excluding carboxylic acids is 1. The lowest BCUT2D eigenvalue weighted by atomic mass is 10.0. The zero-order chi connectivity index (χ0) is 28.8. The second-order valence-electron chi connectivity index (χ2n) is 12.5. The molecule has 3 aromatic heterocycles. The summed E-state index contributed by atoms with van der Waals surface area (Å²) in [4.78, 5) is 21.9. The first kappa shape index (κ1) is 27.3. The van der Waals surface area contributed by atoms with Gasteiger partial charge in [0.25, 0.3) is 0 Å². The minimum absolute atomic E-state index is 0.00598. The highest BCUT2D eigenvalue weighted by molar-refractivity contribution is 7.17. The third kappa shape index (κ3) is 5.47. The molecule has 2 atom stereocenters. The maximum atomic E-state index is 13.0. The summed E-state index contributed by atoms with van der Waals surface area (Å²) in [7, 11) is 0. The van der Waals surface area contributed by atoms with Gasteiger partial charge in [0.1, 0.15) is 11.8 Å². The Morgan fingerprint density at radius 3 is 2.64 bits per heavy atom. The molecule has 5 heterocycles. The van der Waals surface area contributed by atoms with Gasteiger partial charge in [-0.2, -0.15) is 5.10 Å². The first-order valence-electron chi connectivity index (χ1n) is 15.0. The second-order valence-corrected chi connectivity index (χ2v) is 13.4. The van der Waals surface area contributed by atoms with Crippen LogP contribution in [0.3, 0.4) is 0 Å². The Bertz CT molecular complexity index is 1570. The zero-order valence-electron chi connectivity index (χ0n) is 24.4. The average Bonchev–Trinajstić information content (AvgIpc) is 3.36. The Morgan fingerprint density at radius 1 is 1.05 bits per heavy atom.